The first kappa shape index (κ1) is 29.1. The van der Waals surface area contributed by atoms with Crippen molar-refractivity contribution in [2.24, 2.45) is 5.10 Å². The second-order valence-electron chi connectivity index (χ2n) is 7.85. The van der Waals surface area contributed by atoms with Crippen LogP contribution in [0.3, 0.4) is 0 Å². The summed E-state index contributed by atoms with van der Waals surface area (Å²) >= 11 is 0. The van der Waals surface area contributed by atoms with Crippen LogP contribution < -0.4 is 30.1 Å². The summed E-state index contributed by atoms with van der Waals surface area (Å²) in [5.74, 6) is -0.608. The molecule has 40 heavy (non-hydrogen) atoms. The largest absolute Gasteiger partial charge is 0.493 e. The molecule has 0 aliphatic heterocycles. The smallest absolute Gasteiger partial charge is 0.345 e. The summed E-state index contributed by atoms with van der Waals surface area (Å²) in [6.45, 7) is 1.05. The molecule has 0 spiro atoms. The summed E-state index contributed by atoms with van der Waals surface area (Å²) in [5.41, 5.74) is 2.11. The Morgan fingerprint density at radius 2 is 1.70 bits per heavy atom. The molecule has 0 atom stereocenters. The number of hydrogen-bond acceptors (Lipinski definition) is 12. The molecule has 0 radical (unpaired) electrons. The zero-order valence-corrected chi connectivity index (χ0v) is 22.1. The zero-order chi connectivity index (χ0) is 29.4. The lowest BCUT2D eigenvalue weighted by Crippen LogP contribution is -2.24. The average molecular weight is 556 g/mol. The summed E-state index contributed by atoms with van der Waals surface area (Å²) < 4.78 is 25.9. The Bertz CT molecular complexity index is 1530. The van der Waals surface area contributed by atoms with E-state index >= 15 is 0 Å². The molecule has 1 amide bonds. The molecule has 15 heteroatoms. The number of aromatic nitrogens is 2. The molecule has 1 aromatic heterocycles. The number of methoxy groups -OCH3 is 4. The maximum absolute atomic E-state index is 12.3. The number of amides is 1. The Kier molecular flexibility index (Phi) is 9.35. The summed E-state index contributed by atoms with van der Waals surface area (Å²) in [5, 5.41) is 15.2. The number of nitrogens with one attached hydrogen (secondary N) is 2. The van der Waals surface area contributed by atoms with Crippen LogP contribution in [0.4, 0.5) is 5.69 Å². The Labute approximate surface area is 226 Å². The lowest BCUT2D eigenvalue weighted by atomic mass is 10.0. The number of hydrazone groups is 1. The minimum Gasteiger partial charge on any atom is -0.493 e. The SMILES string of the molecule is COC(=O)c1c(-c2ccc(OCC(=O)N/N=C/c3cc(OC)c(OC)cc3[N+](=O)[O-])c(OC)c2)nc(=O)[nH]c1C. The quantitative estimate of drug-likeness (QED) is 0.152. The normalized spacial score (nSPS) is 10.6. The number of nitrogens with zero attached hydrogens (tertiary/aromatic N) is 3. The second kappa shape index (κ2) is 12.9. The number of rotatable bonds is 11. The number of hydrogen-bond donors (Lipinski definition) is 2. The van der Waals surface area contributed by atoms with Gasteiger partial charge in [-0.2, -0.15) is 10.1 Å². The van der Waals surface area contributed by atoms with Crippen molar-refractivity contribution in [3.8, 4) is 34.3 Å². The van der Waals surface area contributed by atoms with Crippen molar-refractivity contribution in [3.05, 3.63) is 67.8 Å². The number of nitro groups is 1. The first-order chi connectivity index (χ1) is 19.1. The number of aromatic amines is 1. The number of nitro benzene ring substituents is 1. The predicted octanol–water partition coefficient (Wildman–Crippen LogP) is 2.00. The van der Waals surface area contributed by atoms with E-state index < -0.39 is 29.1 Å². The molecule has 3 rings (SSSR count). The number of carbonyl (C=O) groups excluding carboxylic acids is 2. The summed E-state index contributed by atoms with van der Waals surface area (Å²) in [4.78, 5) is 53.7. The van der Waals surface area contributed by atoms with E-state index in [9.17, 15) is 24.5 Å². The van der Waals surface area contributed by atoms with Crippen LogP contribution >= 0.6 is 0 Å². The number of aryl methyl sites for hydroxylation is 1. The molecule has 3 aromatic rings. The van der Waals surface area contributed by atoms with E-state index in [4.69, 9.17) is 23.7 Å². The fourth-order valence-corrected chi connectivity index (χ4v) is 3.58. The predicted molar refractivity (Wildman–Crippen MR) is 140 cm³/mol. The van der Waals surface area contributed by atoms with Gasteiger partial charge in [0, 0.05) is 11.3 Å². The fraction of sp³-hybridized carbons (Fsp3) is 0.240. The third kappa shape index (κ3) is 6.50. The number of esters is 1. The van der Waals surface area contributed by atoms with Gasteiger partial charge in [0.05, 0.1) is 56.9 Å². The third-order valence-electron chi connectivity index (χ3n) is 5.43. The highest BCUT2D eigenvalue weighted by Crippen LogP contribution is 2.34. The number of ether oxygens (including phenoxy) is 5. The van der Waals surface area contributed by atoms with Crippen molar-refractivity contribution in [1.29, 1.82) is 0 Å². The highest BCUT2D eigenvalue weighted by molar-refractivity contribution is 5.97. The van der Waals surface area contributed by atoms with Crippen LogP contribution in [0.2, 0.25) is 0 Å². The van der Waals surface area contributed by atoms with E-state index in [2.05, 4.69) is 20.5 Å². The Balaban J connectivity index is 1.76. The third-order valence-corrected chi connectivity index (χ3v) is 5.43. The van der Waals surface area contributed by atoms with Gasteiger partial charge in [-0.25, -0.2) is 15.0 Å². The maximum Gasteiger partial charge on any atom is 0.345 e. The molecule has 0 aliphatic rings. The van der Waals surface area contributed by atoms with Gasteiger partial charge in [0.2, 0.25) is 0 Å². The fourth-order valence-electron chi connectivity index (χ4n) is 3.58. The number of H-pyrrole nitrogens is 1. The van der Waals surface area contributed by atoms with E-state index in [-0.39, 0.29) is 51.2 Å². The van der Waals surface area contributed by atoms with Gasteiger partial charge < -0.3 is 28.7 Å². The van der Waals surface area contributed by atoms with Crippen molar-refractivity contribution in [2.75, 3.05) is 35.0 Å². The van der Waals surface area contributed by atoms with Crippen molar-refractivity contribution in [1.82, 2.24) is 15.4 Å². The van der Waals surface area contributed by atoms with Gasteiger partial charge in [-0.05, 0) is 31.2 Å². The number of benzene rings is 2. The van der Waals surface area contributed by atoms with Gasteiger partial charge in [0.25, 0.3) is 11.6 Å². The van der Waals surface area contributed by atoms with Gasteiger partial charge in [0.1, 0.15) is 5.56 Å². The molecule has 2 N–H and O–H groups in total. The molecule has 1 heterocycles. The molecule has 0 saturated heterocycles. The molecule has 0 bridgehead atoms. The molecular weight excluding hydrogens is 530 g/mol. The van der Waals surface area contributed by atoms with Gasteiger partial charge in [-0.15, -0.1) is 0 Å². The standard InChI is InChI=1S/C25H25N5O10/c1-13-22(24(32)39-5)23(28-25(33)27-13)14-6-7-17(18(8-14)36-2)40-12-21(31)29-26-11-15-9-19(37-3)20(38-4)10-16(15)30(34)35/h6-11H,12H2,1-5H3,(H,29,31)(H,27,28,33)/b26-11+. The van der Waals surface area contributed by atoms with Gasteiger partial charge in [-0.3, -0.25) is 14.9 Å². The van der Waals surface area contributed by atoms with E-state index in [1.54, 1.807) is 0 Å². The van der Waals surface area contributed by atoms with Gasteiger partial charge >= 0.3 is 11.7 Å². The summed E-state index contributed by atoms with van der Waals surface area (Å²) in [6, 6.07) is 7.00. The molecule has 0 aliphatic carbocycles. The highest BCUT2D eigenvalue weighted by Gasteiger charge is 2.21. The van der Waals surface area contributed by atoms with Crippen molar-refractivity contribution in [2.45, 2.75) is 6.92 Å². The Morgan fingerprint density at radius 3 is 2.33 bits per heavy atom. The van der Waals surface area contributed by atoms with Gasteiger partial charge in [-0.1, -0.05) is 0 Å². The van der Waals surface area contributed by atoms with Crippen LogP contribution in [0.5, 0.6) is 23.0 Å². The minimum absolute atomic E-state index is 0.0658. The van der Waals surface area contributed by atoms with Crippen molar-refractivity contribution < 1.29 is 38.2 Å². The molecule has 0 unspecified atom stereocenters. The topological polar surface area (TPSA) is 194 Å². The number of carbonyl (C=O) groups is 2. The molecule has 210 valence electrons. The minimum atomic E-state index is -0.689. The first-order valence-electron chi connectivity index (χ1n) is 11.4. The Morgan fingerprint density at radius 1 is 1.05 bits per heavy atom. The van der Waals surface area contributed by atoms with Crippen LogP contribution in [0.15, 0.2) is 40.2 Å². The van der Waals surface area contributed by atoms with E-state index in [0.29, 0.717) is 5.56 Å². The molecular formula is C25H25N5O10. The lowest BCUT2D eigenvalue weighted by molar-refractivity contribution is -0.385. The van der Waals surface area contributed by atoms with Crippen molar-refractivity contribution >= 4 is 23.8 Å². The molecule has 15 nitrogen and oxygen atoms in total. The Hall–Kier alpha value is -5.47. The van der Waals surface area contributed by atoms with Crippen LogP contribution in [-0.4, -0.2) is 68.0 Å². The van der Waals surface area contributed by atoms with E-state index in [1.165, 1.54) is 65.7 Å². The first-order valence-corrected chi connectivity index (χ1v) is 11.4. The van der Waals surface area contributed by atoms with Gasteiger partial charge in [0.15, 0.2) is 29.6 Å². The van der Waals surface area contributed by atoms with E-state index in [0.717, 1.165) is 6.21 Å². The molecule has 2 aromatic carbocycles. The molecule has 0 fully saturated rings. The maximum atomic E-state index is 12.3. The van der Waals surface area contributed by atoms with Crippen LogP contribution in [0.1, 0.15) is 21.6 Å². The van der Waals surface area contributed by atoms with Crippen molar-refractivity contribution in [3.63, 3.8) is 0 Å². The monoisotopic (exact) mass is 555 g/mol. The van der Waals surface area contributed by atoms with E-state index in [1.807, 2.05) is 0 Å². The van der Waals surface area contributed by atoms with Crippen LogP contribution in [0.25, 0.3) is 11.3 Å². The van der Waals surface area contributed by atoms with Crippen LogP contribution in [-0.2, 0) is 9.53 Å². The lowest BCUT2D eigenvalue weighted by Gasteiger charge is -2.13. The highest BCUT2D eigenvalue weighted by atomic mass is 16.6. The zero-order valence-electron chi connectivity index (χ0n) is 22.1. The summed E-state index contributed by atoms with van der Waals surface area (Å²) in [7, 11) is 5.29. The second-order valence-corrected chi connectivity index (χ2v) is 7.85. The summed E-state index contributed by atoms with van der Waals surface area (Å²) in [6.07, 6.45) is 1.09. The average Bonchev–Trinajstić information content (AvgIpc) is 2.94. The van der Waals surface area contributed by atoms with Crippen LogP contribution in [0, 0.1) is 17.0 Å². The molecule has 0 saturated carbocycles.